The van der Waals surface area contributed by atoms with E-state index in [2.05, 4.69) is 10.6 Å². The lowest BCUT2D eigenvalue weighted by molar-refractivity contribution is -0.125. The highest BCUT2D eigenvalue weighted by atomic mass is 32.2. The lowest BCUT2D eigenvalue weighted by Crippen LogP contribution is -2.31. The molecular weight excluding hydrogens is 400 g/mol. The first-order valence-electron chi connectivity index (χ1n) is 9.81. The van der Waals surface area contributed by atoms with Gasteiger partial charge in [-0.1, -0.05) is 36.4 Å². The largest absolute Gasteiger partial charge is 0.452 e. The van der Waals surface area contributed by atoms with E-state index in [1.807, 2.05) is 52.0 Å². The van der Waals surface area contributed by atoms with Gasteiger partial charge in [-0.25, -0.2) is 4.79 Å². The van der Waals surface area contributed by atoms with E-state index in [0.29, 0.717) is 10.5 Å². The number of rotatable bonds is 9. The van der Waals surface area contributed by atoms with Gasteiger partial charge in [0, 0.05) is 10.9 Å². The van der Waals surface area contributed by atoms with E-state index in [0.717, 1.165) is 11.1 Å². The minimum absolute atomic E-state index is 0.0545. The van der Waals surface area contributed by atoms with E-state index in [1.165, 1.54) is 11.8 Å². The fourth-order valence-electron chi connectivity index (χ4n) is 2.91. The molecule has 0 aliphatic carbocycles. The van der Waals surface area contributed by atoms with Crippen molar-refractivity contribution >= 4 is 29.5 Å². The van der Waals surface area contributed by atoms with Crippen molar-refractivity contribution < 1.29 is 19.1 Å². The highest BCUT2D eigenvalue weighted by Gasteiger charge is 2.17. The lowest BCUT2D eigenvalue weighted by atomic mass is 10.0. The maximum absolute atomic E-state index is 12.5. The summed E-state index contributed by atoms with van der Waals surface area (Å²) in [5.41, 5.74) is 2.42. The molecule has 30 heavy (non-hydrogen) atoms. The second-order valence-corrected chi connectivity index (χ2v) is 8.25. The fraction of sp³-hybridized carbons (Fsp3) is 0.348. The van der Waals surface area contributed by atoms with Crippen molar-refractivity contribution in [1.29, 1.82) is 0 Å². The zero-order chi connectivity index (χ0) is 22.1. The van der Waals surface area contributed by atoms with E-state index in [9.17, 15) is 14.4 Å². The van der Waals surface area contributed by atoms with Crippen LogP contribution in [0.15, 0.2) is 53.4 Å². The number of ether oxygens (including phenoxy) is 1. The van der Waals surface area contributed by atoms with Crippen LogP contribution in [0.25, 0.3) is 0 Å². The van der Waals surface area contributed by atoms with Gasteiger partial charge in [0.15, 0.2) is 6.61 Å². The smallest absolute Gasteiger partial charge is 0.339 e. The first-order chi connectivity index (χ1) is 14.3. The molecular formula is C23H28N2O4S. The summed E-state index contributed by atoms with van der Waals surface area (Å²) in [6.45, 7) is 7.27. The molecule has 1 unspecified atom stereocenters. The predicted molar refractivity (Wildman–Crippen MR) is 118 cm³/mol. The standard InChI is InChI=1S/C23H28N2O4S/c1-15(2)24-22(27)14-30-20-12-8-7-11-19(20)23(28)29-13-21(26)25-17(4)18-10-6-5-9-16(18)3/h5-12,15,17H,13-14H2,1-4H3,(H,24,27)(H,25,26). The normalized spacial score (nSPS) is 11.6. The van der Waals surface area contributed by atoms with Gasteiger partial charge in [0.1, 0.15) is 0 Å². The van der Waals surface area contributed by atoms with Gasteiger partial charge in [-0.2, -0.15) is 0 Å². The molecule has 6 nitrogen and oxygen atoms in total. The molecule has 160 valence electrons. The van der Waals surface area contributed by atoms with E-state index < -0.39 is 5.97 Å². The molecule has 2 rings (SSSR count). The van der Waals surface area contributed by atoms with E-state index in [4.69, 9.17) is 4.74 Å². The van der Waals surface area contributed by atoms with Crippen LogP contribution in [0.4, 0.5) is 0 Å². The van der Waals surface area contributed by atoms with E-state index >= 15 is 0 Å². The molecule has 0 saturated carbocycles. The van der Waals surface area contributed by atoms with Crippen LogP contribution in [0.2, 0.25) is 0 Å². The number of nitrogens with one attached hydrogen (secondary N) is 2. The molecule has 0 radical (unpaired) electrons. The average molecular weight is 429 g/mol. The summed E-state index contributed by atoms with van der Waals surface area (Å²) in [4.78, 5) is 37.2. The Balaban J connectivity index is 1.91. The Morgan fingerprint density at radius 2 is 1.60 bits per heavy atom. The highest BCUT2D eigenvalue weighted by Crippen LogP contribution is 2.23. The molecule has 0 aliphatic rings. The zero-order valence-electron chi connectivity index (χ0n) is 17.7. The van der Waals surface area contributed by atoms with E-state index in [-0.39, 0.29) is 36.3 Å². The first kappa shape index (κ1) is 23.5. The monoisotopic (exact) mass is 428 g/mol. The van der Waals surface area contributed by atoms with Gasteiger partial charge in [-0.15, -0.1) is 11.8 Å². The molecule has 0 aliphatic heterocycles. The second kappa shape index (κ2) is 11.4. The third kappa shape index (κ3) is 7.22. The molecule has 2 aromatic carbocycles. The van der Waals surface area contributed by atoms with Crippen LogP contribution in [0.1, 0.15) is 48.3 Å². The average Bonchev–Trinajstić information content (AvgIpc) is 2.70. The Hall–Kier alpha value is -2.80. The number of benzene rings is 2. The molecule has 2 N–H and O–H groups in total. The van der Waals surface area contributed by atoms with Gasteiger partial charge < -0.3 is 15.4 Å². The molecule has 0 bridgehead atoms. The van der Waals surface area contributed by atoms with Gasteiger partial charge in [-0.05, 0) is 51.0 Å². The predicted octanol–water partition coefficient (Wildman–Crippen LogP) is 3.65. The molecule has 0 spiro atoms. The van der Waals surface area contributed by atoms with Crippen LogP contribution in [0.5, 0.6) is 0 Å². The summed E-state index contributed by atoms with van der Waals surface area (Å²) in [6, 6.07) is 14.5. The number of hydrogen-bond donors (Lipinski definition) is 2. The molecule has 2 amide bonds. The third-order valence-corrected chi connectivity index (χ3v) is 5.36. The number of amides is 2. The summed E-state index contributed by atoms with van der Waals surface area (Å²) < 4.78 is 5.20. The molecule has 7 heteroatoms. The maximum Gasteiger partial charge on any atom is 0.339 e. The quantitative estimate of drug-likeness (QED) is 0.470. The molecule has 0 fully saturated rings. The van der Waals surface area contributed by atoms with Crippen LogP contribution >= 0.6 is 11.8 Å². The van der Waals surface area contributed by atoms with Crippen molar-refractivity contribution in [2.75, 3.05) is 12.4 Å². The van der Waals surface area contributed by atoms with Crippen LogP contribution in [-0.2, 0) is 14.3 Å². The van der Waals surface area contributed by atoms with Crippen molar-refractivity contribution in [1.82, 2.24) is 10.6 Å². The minimum Gasteiger partial charge on any atom is -0.452 e. The van der Waals surface area contributed by atoms with Crippen LogP contribution in [0, 0.1) is 6.92 Å². The van der Waals surface area contributed by atoms with Crippen molar-refractivity contribution in [3.05, 3.63) is 65.2 Å². The van der Waals surface area contributed by atoms with Crippen molar-refractivity contribution in [2.45, 2.75) is 44.7 Å². The number of thioether (sulfide) groups is 1. The molecule has 1 atom stereocenters. The Morgan fingerprint density at radius 1 is 0.933 bits per heavy atom. The van der Waals surface area contributed by atoms with E-state index in [1.54, 1.807) is 24.3 Å². The summed E-state index contributed by atoms with van der Waals surface area (Å²) in [6.07, 6.45) is 0. The van der Waals surface area contributed by atoms with Gasteiger partial charge in [-0.3, -0.25) is 9.59 Å². The molecule has 2 aromatic rings. The Labute approximate surface area is 181 Å². The zero-order valence-corrected chi connectivity index (χ0v) is 18.5. The number of carbonyl (C=O) groups is 3. The first-order valence-corrected chi connectivity index (χ1v) is 10.8. The van der Waals surface area contributed by atoms with Gasteiger partial charge in [0.25, 0.3) is 5.91 Å². The molecule has 0 saturated heterocycles. The highest BCUT2D eigenvalue weighted by molar-refractivity contribution is 8.00. The van der Waals surface area contributed by atoms with Gasteiger partial charge in [0.2, 0.25) is 5.91 Å². The van der Waals surface area contributed by atoms with Crippen LogP contribution in [0.3, 0.4) is 0 Å². The molecule has 0 heterocycles. The molecule has 0 aromatic heterocycles. The number of carbonyl (C=O) groups excluding carboxylic acids is 3. The Bertz CT molecular complexity index is 898. The lowest BCUT2D eigenvalue weighted by Gasteiger charge is -2.16. The Morgan fingerprint density at radius 3 is 2.30 bits per heavy atom. The minimum atomic E-state index is -0.596. The maximum atomic E-state index is 12.5. The van der Waals surface area contributed by atoms with Crippen molar-refractivity contribution in [3.8, 4) is 0 Å². The Kier molecular flexibility index (Phi) is 8.92. The van der Waals surface area contributed by atoms with Crippen LogP contribution in [-0.4, -0.2) is 36.2 Å². The summed E-state index contributed by atoms with van der Waals surface area (Å²) >= 11 is 1.26. The summed E-state index contributed by atoms with van der Waals surface area (Å²) in [5, 5.41) is 5.65. The number of aryl methyl sites for hydroxylation is 1. The third-order valence-electron chi connectivity index (χ3n) is 4.28. The SMILES string of the molecule is Cc1ccccc1C(C)NC(=O)COC(=O)c1ccccc1SCC(=O)NC(C)C. The summed E-state index contributed by atoms with van der Waals surface area (Å²) in [7, 11) is 0. The van der Waals surface area contributed by atoms with Crippen LogP contribution < -0.4 is 10.6 Å². The number of hydrogen-bond acceptors (Lipinski definition) is 5. The second-order valence-electron chi connectivity index (χ2n) is 7.23. The van der Waals surface area contributed by atoms with Crippen molar-refractivity contribution in [2.24, 2.45) is 0 Å². The van der Waals surface area contributed by atoms with Gasteiger partial charge in [0.05, 0.1) is 17.4 Å². The van der Waals surface area contributed by atoms with Crippen molar-refractivity contribution in [3.63, 3.8) is 0 Å². The number of esters is 1. The van der Waals surface area contributed by atoms with Gasteiger partial charge >= 0.3 is 5.97 Å². The summed E-state index contributed by atoms with van der Waals surface area (Å²) in [5.74, 6) is -0.888. The topological polar surface area (TPSA) is 84.5 Å². The fourth-order valence-corrected chi connectivity index (χ4v) is 3.76.